The summed E-state index contributed by atoms with van der Waals surface area (Å²) < 4.78 is 44.0. The van der Waals surface area contributed by atoms with Crippen LogP contribution >= 0.6 is 0 Å². The van der Waals surface area contributed by atoms with Gasteiger partial charge in [-0.3, -0.25) is 0 Å². The lowest BCUT2D eigenvalue weighted by atomic mass is 10.4. The van der Waals surface area contributed by atoms with E-state index < -0.39 is 21.9 Å². The Bertz CT molecular complexity index is 612. The number of sulfonamides is 1. The second-order valence-corrected chi connectivity index (χ2v) is 6.49. The predicted octanol–water partition coefficient (Wildman–Crippen LogP) is 1.29. The Balaban J connectivity index is 2.06. The summed E-state index contributed by atoms with van der Waals surface area (Å²) >= 11 is 0. The quantitative estimate of drug-likeness (QED) is 0.843. The van der Waals surface area contributed by atoms with E-state index in [-0.39, 0.29) is 37.7 Å². The summed E-state index contributed by atoms with van der Waals surface area (Å²) in [6.07, 6.45) is -0.444. The molecule has 2 rings (SSSR count). The molecule has 1 aliphatic heterocycles. The molecule has 116 valence electrons. The molecule has 0 atom stereocenters. The zero-order valence-electron chi connectivity index (χ0n) is 11.7. The molecular formula is C13H17FN2O4S. The van der Waals surface area contributed by atoms with E-state index in [1.807, 2.05) is 0 Å². The molecule has 1 heterocycles. The topological polar surface area (TPSA) is 66.9 Å². The number of rotatable bonds is 3. The summed E-state index contributed by atoms with van der Waals surface area (Å²) in [6, 6.07) is 4.90. The Kier molecular flexibility index (Phi) is 4.79. The molecule has 6 nitrogen and oxygen atoms in total. The van der Waals surface area contributed by atoms with Gasteiger partial charge < -0.3 is 9.64 Å². The largest absolute Gasteiger partial charge is 0.450 e. The third kappa shape index (κ3) is 3.51. The fourth-order valence-corrected chi connectivity index (χ4v) is 3.56. The molecule has 0 unspecified atom stereocenters. The monoisotopic (exact) mass is 316 g/mol. The zero-order chi connectivity index (χ0) is 15.5. The van der Waals surface area contributed by atoms with Crippen LogP contribution in [-0.4, -0.2) is 56.5 Å². The van der Waals surface area contributed by atoms with Gasteiger partial charge in [0.05, 0.1) is 11.5 Å². The summed E-state index contributed by atoms with van der Waals surface area (Å²) in [7, 11) is -3.73. The number of piperazine rings is 1. The van der Waals surface area contributed by atoms with E-state index in [0.717, 1.165) is 6.07 Å². The Morgan fingerprint density at radius 3 is 2.52 bits per heavy atom. The number of amides is 1. The van der Waals surface area contributed by atoms with Gasteiger partial charge in [-0.1, -0.05) is 6.07 Å². The standard InChI is InChI=1S/C13H17FN2O4S/c1-2-20-13(17)15-6-8-16(9-7-15)21(18,19)12-5-3-4-11(14)10-12/h3-5,10H,2,6-9H2,1H3. The SMILES string of the molecule is CCOC(=O)N1CCN(S(=O)(=O)c2cccc(F)c2)CC1. The fraction of sp³-hybridized carbons (Fsp3) is 0.462. The smallest absolute Gasteiger partial charge is 0.409 e. The van der Waals surface area contributed by atoms with Crippen LogP contribution in [0, 0.1) is 5.82 Å². The van der Waals surface area contributed by atoms with Gasteiger partial charge in [0.15, 0.2) is 0 Å². The van der Waals surface area contributed by atoms with Gasteiger partial charge in [0.25, 0.3) is 0 Å². The molecule has 1 fully saturated rings. The molecule has 0 aromatic heterocycles. The predicted molar refractivity (Wildman–Crippen MR) is 73.8 cm³/mol. The molecule has 0 aliphatic carbocycles. The summed E-state index contributed by atoms with van der Waals surface area (Å²) in [6.45, 7) is 2.83. The van der Waals surface area contributed by atoms with Gasteiger partial charge >= 0.3 is 6.09 Å². The number of carbonyl (C=O) groups excluding carboxylic acids is 1. The lowest BCUT2D eigenvalue weighted by Gasteiger charge is -2.33. The molecule has 1 aromatic rings. The molecule has 0 saturated carbocycles. The number of nitrogens with zero attached hydrogens (tertiary/aromatic N) is 2. The minimum absolute atomic E-state index is 0.0768. The van der Waals surface area contributed by atoms with Gasteiger partial charge in [-0.2, -0.15) is 4.31 Å². The second kappa shape index (κ2) is 6.40. The van der Waals surface area contributed by atoms with Crippen molar-refractivity contribution in [1.82, 2.24) is 9.21 Å². The van der Waals surface area contributed by atoms with Crippen LogP contribution in [0.4, 0.5) is 9.18 Å². The maximum Gasteiger partial charge on any atom is 0.409 e. The van der Waals surface area contributed by atoms with Gasteiger partial charge in [-0.05, 0) is 25.1 Å². The first-order valence-electron chi connectivity index (χ1n) is 6.62. The number of hydrogen-bond acceptors (Lipinski definition) is 4. The molecule has 1 saturated heterocycles. The third-order valence-corrected chi connectivity index (χ3v) is 5.09. The molecule has 0 radical (unpaired) electrons. The number of carbonyl (C=O) groups is 1. The van der Waals surface area contributed by atoms with Crippen molar-refractivity contribution in [2.45, 2.75) is 11.8 Å². The summed E-state index contributed by atoms with van der Waals surface area (Å²) in [4.78, 5) is 12.9. The van der Waals surface area contributed by atoms with E-state index in [4.69, 9.17) is 4.74 Å². The van der Waals surface area contributed by atoms with E-state index in [1.54, 1.807) is 6.92 Å². The first-order valence-corrected chi connectivity index (χ1v) is 8.06. The first-order chi connectivity index (χ1) is 9.95. The Hall–Kier alpha value is -1.67. The normalized spacial score (nSPS) is 16.8. The van der Waals surface area contributed by atoms with Crippen LogP contribution in [0.2, 0.25) is 0 Å². The van der Waals surface area contributed by atoms with E-state index >= 15 is 0 Å². The van der Waals surface area contributed by atoms with Gasteiger partial charge in [-0.15, -0.1) is 0 Å². The number of hydrogen-bond donors (Lipinski definition) is 0. The molecule has 0 bridgehead atoms. The molecule has 1 aliphatic rings. The van der Waals surface area contributed by atoms with Crippen LogP contribution < -0.4 is 0 Å². The maximum atomic E-state index is 13.2. The van der Waals surface area contributed by atoms with E-state index in [1.165, 1.54) is 27.4 Å². The summed E-state index contributed by atoms with van der Waals surface area (Å²) in [5.74, 6) is -0.596. The van der Waals surface area contributed by atoms with Gasteiger partial charge in [-0.25, -0.2) is 17.6 Å². The van der Waals surface area contributed by atoms with Crippen molar-refractivity contribution in [3.8, 4) is 0 Å². The van der Waals surface area contributed by atoms with Crippen LogP contribution in [0.5, 0.6) is 0 Å². The minimum atomic E-state index is -3.73. The fourth-order valence-electron chi connectivity index (χ4n) is 2.10. The lowest BCUT2D eigenvalue weighted by Crippen LogP contribution is -2.50. The summed E-state index contributed by atoms with van der Waals surface area (Å²) in [5, 5.41) is 0. The molecule has 8 heteroatoms. The molecule has 1 aromatic carbocycles. The highest BCUT2D eigenvalue weighted by Gasteiger charge is 2.30. The molecule has 1 amide bonds. The van der Waals surface area contributed by atoms with Gasteiger partial charge in [0.1, 0.15) is 5.82 Å². The van der Waals surface area contributed by atoms with Crippen LogP contribution in [0.1, 0.15) is 6.92 Å². The first kappa shape index (κ1) is 15.7. The Labute approximate surface area is 123 Å². The van der Waals surface area contributed by atoms with Crippen LogP contribution in [0.25, 0.3) is 0 Å². The molecule has 0 spiro atoms. The Morgan fingerprint density at radius 1 is 1.29 bits per heavy atom. The highest BCUT2D eigenvalue weighted by atomic mass is 32.2. The second-order valence-electron chi connectivity index (χ2n) is 4.55. The average molecular weight is 316 g/mol. The van der Waals surface area contributed by atoms with Crippen molar-refractivity contribution >= 4 is 16.1 Å². The lowest BCUT2D eigenvalue weighted by molar-refractivity contribution is 0.0934. The summed E-state index contributed by atoms with van der Waals surface area (Å²) in [5.41, 5.74) is 0. The van der Waals surface area contributed by atoms with E-state index in [9.17, 15) is 17.6 Å². The average Bonchev–Trinajstić information content (AvgIpc) is 2.47. The van der Waals surface area contributed by atoms with E-state index in [0.29, 0.717) is 0 Å². The van der Waals surface area contributed by atoms with Gasteiger partial charge in [0.2, 0.25) is 10.0 Å². The zero-order valence-corrected chi connectivity index (χ0v) is 12.5. The maximum absolute atomic E-state index is 13.2. The number of ether oxygens (including phenoxy) is 1. The van der Waals surface area contributed by atoms with Crippen molar-refractivity contribution in [3.05, 3.63) is 30.1 Å². The minimum Gasteiger partial charge on any atom is -0.450 e. The van der Waals surface area contributed by atoms with Crippen LogP contribution in [0.3, 0.4) is 0 Å². The van der Waals surface area contributed by atoms with Gasteiger partial charge in [0, 0.05) is 26.2 Å². The highest BCUT2D eigenvalue weighted by molar-refractivity contribution is 7.89. The third-order valence-electron chi connectivity index (χ3n) is 3.20. The molecule has 0 N–H and O–H groups in total. The molecular weight excluding hydrogens is 299 g/mol. The Morgan fingerprint density at radius 2 is 1.95 bits per heavy atom. The van der Waals surface area contributed by atoms with Crippen molar-refractivity contribution in [3.63, 3.8) is 0 Å². The van der Waals surface area contributed by atoms with Crippen molar-refractivity contribution in [1.29, 1.82) is 0 Å². The molecule has 21 heavy (non-hydrogen) atoms. The van der Waals surface area contributed by atoms with Crippen molar-refractivity contribution in [2.75, 3.05) is 32.8 Å². The highest BCUT2D eigenvalue weighted by Crippen LogP contribution is 2.18. The van der Waals surface area contributed by atoms with Crippen molar-refractivity contribution in [2.24, 2.45) is 0 Å². The number of benzene rings is 1. The van der Waals surface area contributed by atoms with Crippen LogP contribution in [-0.2, 0) is 14.8 Å². The number of halogens is 1. The van der Waals surface area contributed by atoms with Crippen LogP contribution in [0.15, 0.2) is 29.2 Å². The van der Waals surface area contributed by atoms with E-state index in [2.05, 4.69) is 0 Å². The van der Waals surface area contributed by atoms with Crippen molar-refractivity contribution < 1.29 is 22.3 Å².